The van der Waals surface area contributed by atoms with Crippen molar-refractivity contribution in [1.82, 2.24) is 4.57 Å². The van der Waals surface area contributed by atoms with Gasteiger partial charge >= 0.3 is 0 Å². The lowest BCUT2D eigenvalue weighted by atomic mass is 10.0. The van der Waals surface area contributed by atoms with Gasteiger partial charge in [0.15, 0.2) is 0 Å². The summed E-state index contributed by atoms with van der Waals surface area (Å²) in [5.41, 5.74) is 3.98. The Morgan fingerprint density at radius 3 is 2.30 bits per heavy atom. The van der Waals surface area contributed by atoms with Crippen LogP contribution in [0.2, 0.25) is 0 Å². The number of fused-ring (bicyclic) bond motifs is 1. The summed E-state index contributed by atoms with van der Waals surface area (Å²) in [6.07, 6.45) is 11.6. The molecule has 0 saturated carbocycles. The van der Waals surface area contributed by atoms with E-state index in [1.807, 2.05) is 0 Å². The molecule has 1 heterocycles. The molecule has 0 fully saturated rings. The van der Waals surface area contributed by atoms with E-state index in [-0.39, 0.29) is 0 Å². The van der Waals surface area contributed by atoms with Crippen molar-refractivity contribution < 1.29 is 0 Å². The molecule has 0 amide bonds. The Balaban J connectivity index is 1.59. The van der Waals surface area contributed by atoms with Gasteiger partial charge in [0.2, 0.25) is 0 Å². The maximum atomic E-state index is 2.29. The van der Waals surface area contributed by atoms with Crippen molar-refractivity contribution in [2.75, 3.05) is 0 Å². The van der Waals surface area contributed by atoms with Crippen LogP contribution in [-0.4, -0.2) is 4.57 Å². The lowest BCUT2D eigenvalue weighted by molar-refractivity contribution is 0.607. The average molecular weight is 305 g/mol. The number of rotatable bonds is 8. The second kappa shape index (κ2) is 8.01. The molecule has 0 aliphatic heterocycles. The van der Waals surface area contributed by atoms with Crippen LogP contribution in [0.15, 0.2) is 60.8 Å². The molecular formula is C22H27N. The Kier molecular flexibility index (Phi) is 5.52. The van der Waals surface area contributed by atoms with Gasteiger partial charge in [0, 0.05) is 11.9 Å². The number of hydrogen-bond donors (Lipinski definition) is 0. The normalized spacial score (nSPS) is 11.2. The zero-order chi connectivity index (χ0) is 15.9. The molecule has 3 rings (SSSR count). The van der Waals surface area contributed by atoms with E-state index in [2.05, 4.69) is 72.3 Å². The summed E-state index contributed by atoms with van der Waals surface area (Å²) in [5.74, 6) is 0. The van der Waals surface area contributed by atoms with E-state index in [1.165, 1.54) is 67.1 Å². The number of benzene rings is 2. The van der Waals surface area contributed by atoms with E-state index in [0.29, 0.717) is 0 Å². The zero-order valence-electron chi connectivity index (χ0n) is 14.2. The van der Waals surface area contributed by atoms with Crippen LogP contribution in [0.25, 0.3) is 16.6 Å². The SMILES string of the molecule is CCCCCCCCc1ccc(-n2ccc3ccccc32)cc1. The molecule has 0 bridgehead atoms. The number of aromatic nitrogens is 1. The first-order valence-electron chi connectivity index (χ1n) is 9.04. The molecule has 0 unspecified atom stereocenters. The molecule has 1 nitrogen and oxygen atoms in total. The molecule has 0 aliphatic rings. The first kappa shape index (κ1) is 15.9. The Morgan fingerprint density at radius 2 is 1.48 bits per heavy atom. The lowest BCUT2D eigenvalue weighted by Gasteiger charge is -2.07. The van der Waals surface area contributed by atoms with Crippen LogP contribution in [0.3, 0.4) is 0 Å². The van der Waals surface area contributed by atoms with Gasteiger partial charge in [-0.05, 0) is 48.1 Å². The van der Waals surface area contributed by atoms with E-state index >= 15 is 0 Å². The van der Waals surface area contributed by atoms with Crippen molar-refractivity contribution in [2.45, 2.75) is 51.9 Å². The first-order valence-corrected chi connectivity index (χ1v) is 9.04. The van der Waals surface area contributed by atoms with Gasteiger partial charge in [0.25, 0.3) is 0 Å². The molecular weight excluding hydrogens is 278 g/mol. The topological polar surface area (TPSA) is 4.93 Å². The fourth-order valence-corrected chi connectivity index (χ4v) is 3.24. The van der Waals surface area contributed by atoms with Crippen molar-refractivity contribution in [3.8, 4) is 5.69 Å². The van der Waals surface area contributed by atoms with Gasteiger partial charge < -0.3 is 4.57 Å². The third-order valence-corrected chi connectivity index (χ3v) is 4.63. The average Bonchev–Trinajstić information content (AvgIpc) is 3.03. The van der Waals surface area contributed by atoms with Crippen LogP contribution in [0.5, 0.6) is 0 Å². The van der Waals surface area contributed by atoms with Crippen LogP contribution < -0.4 is 0 Å². The Bertz CT molecular complexity index is 721. The molecule has 0 N–H and O–H groups in total. The minimum Gasteiger partial charge on any atom is -0.317 e. The summed E-state index contributed by atoms with van der Waals surface area (Å²) in [6, 6.07) is 19.8. The van der Waals surface area contributed by atoms with Gasteiger partial charge in [-0.25, -0.2) is 0 Å². The quantitative estimate of drug-likeness (QED) is 0.417. The molecule has 0 radical (unpaired) electrons. The smallest absolute Gasteiger partial charge is 0.0528 e. The molecule has 0 aliphatic carbocycles. The largest absolute Gasteiger partial charge is 0.317 e. The fraction of sp³-hybridized carbons (Fsp3) is 0.364. The van der Waals surface area contributed by atoms with Crippen molar-refractivity contribution in [1.29, 1.82) is 0 Å². The van der Waals surface area contributed by atoms with Crippen LogP contribution in [0.4, 0.5) is 0 Å². The van der Waals surface area contributed by atoms with E-state index in [0.717, 1.165) is 0 Å². The number of unbranched alkanes of at least 4 members (excludes halogenated alkanes) is 5. The molecule has 3 aromatic rings. The Hall–Kier alpha value is -2.02. The van der Waals surface area contributed by atoms with E-state index in [4.69, 9.17) is 0 Å². The minimum atomic E-state index is 1.21. The number of aryl methyl sites for hydroxylation is 1. The first-order chi connectivity index (χ1) is 11.4. The van der Waals surface area contributed by atoms with Gasteiger partial charge in [-0.1, -0.05) is 69.4 Å². The Labute approximate surface area is 140 Å². The van der Waals surface area contributed by atoms with E-state index in [1.54, 1.807) is 0 Å². The molecule has 0 saturated heterocycles. The van der Waals surface area contributed by atoms with Crippen molar-refractivity contribution in [2.24, 2.45) is 0 Å². The molecule has 0 spiro atoms. The maximum Gasteiger partial charge on any atom is 0.0528 e. The van der Waals surface area contributed by atoms with Crippen LogP contribution in [0, 0.1) is 0 Å². The van der Waals surface area contributed by atoms with Crippen molar-refractivity contribution in [3.63, 3.8) is 0 Å². The molecule has 120 valence electrons. The zero-order valence-corrected chi connectivity index (χ0v) is 14.2. The lowest BCUT2D eigenvalue weighted by Crippen LogP contribution is -1.93. The predicted octanol–water partition coefficient (Wildman–Crippen LogP) is 6.53. The summed E-state index contributed by atoms with van der Waals surface area (Å²) >= 11 is 0. The Morgan fingerprint density at radius 1 is 0.739 bits per heavy atom. The molecule has 23 heavy (non-hydrogen) atoms. The van der Waals surface area contributed by atoms with Gasteiger partial charge in [-0.15, -0.1) is 0 Å². The monoisotopic (exact) mass is 305 g/mol. The highest BCUT2D eigenvalue weighted by atomic mass is 15.0. The summed E-state index contributed by atoms with van der Waals surface area (Å²) in [4.78, 5) is 0. The molecule has 1 heteroatoms. The molecule has 0 atom stereocenters. The summed E-state index contributed by atoms with van der Waals surface area (Å²) < 4.78 is 2.27. The van der Waals surface area contributed by atoms with Gasteiger partial charge in [-0.2, -0.15) is 0 Å². The molecule has 2 aromatic carbocycles. The van der Waals surface area contributed by atoms with E-state index < -0.39 is 0 Å². The maximum absolute atomic E-state index is 2.29. The summed E-state index contributed by atoms with van der Waals surface area (Å²) in [5, 5.41) is 1.30. The van der Waals surface area contributed by atoms with Crippen LogP contribution >= 0.6 is 0 Å². The fourth-order valence-electron chi connectivity index (χ4n) is 3.24. The minimum absolute atomic E-state index is 1.21. The third kappa shape index (κ3) is 4.04. The number of para-hydroxylation sites is 1. The highest BCUT2D eigenvalue weighted by molar-refractivity contribution is 5.81. The number of nitrogens with zero attached hydrogens (tertiary/aromatic N) is 1. The van der Waals surface area contributed by atoms with Crippen molar-refractivity contribution in [3.05, 3.63) is 66.4 Å². The van der Waals surface area contributed by atoms with Gasteiger partial charge in [0.05, 0.1) is 5.52 Å². The highest BCUT2D eigenvalue weighted by Gasteiger charge is 2.02. The molecule has 1 aromatic heterocycles. The van der Waals surface area contributed by atoms with Crippen LogP contribution in [0.1, 0.15) is 51.0 Å². The van der Waals surface area contributed by atoms with Gasteiger partial charge in [0.1, 0.15) is 0 Å². The third-order valence-electron chi connectivity index (χ3n) is 4.63. The summed E-state index contributed by atoms with van der Waals surface area (Å²) in [7, 11) is 0. The second-order valence-electron chi connectivity index (χ2n) is 6.43. The standard InChI is InChI=1S/C22H27N/c1-2-3-4-5-6-7-10-19-13-15-21(16-14-19)23-18-17-20-11-8-9-12-22(20)23/h8-9,11-18H,2-7,10H2,1H3. The van der Waals surface area contributed by atoms with Crippen LogP contribution in [-0.2, 0) is 6.42 Å². The number of hydrogen-bond acceptors (Lipinski definition) is 0. The highest BCUT2D eigenvalue weighted by Crippen LogP contribution is 2.21. The van der Waals surface area contributed by atoms with E-state index in [9.17, 15) is 0 Å². The predicted molar refractivity (Wildman–Crippen MR) is 100 cm³/mol. The van der Waals surface area contributed by atoms with Crippen molar-refractivity contribution >= 4 is 10.9 Å². The second-order valence-corrected chi connectivity index (χ2v) is 6.43. The van der Waals surface area contributed by atoms with Gasteiger partial charge in [-0.3, -0.25) is 0 Å². The summed E-state index contributed by atoms with van der Waals surface area (Å²) in [6.45, 7) is 2.27.